The van der Waals surface area contributed by atoms with Gasteiger partial charge in [-0.1, -0.05) is 11.6 Å². The molecule has 0 saturated heterocycles. The second-order valence-corrected chi connectivity index (χ2v) is 7.59. The molecule has 1 aromatic carbocycles. The summed E-state index contributed by atoms with van der Waals surface area (Å²) in [5.74, 6) is -1.05. The zero-order valence-corrected chi connectivity index (χ0v) is 15.9. The number of carbonyl (C=O) groups is 1. The van der Waals surface area contributed by atoms with Crippen molar-refractivity contribution in [1.82, 2.24) is 9.36 Å². The molecular weight excluding hydrogens is 389 g/mol. The molecule has 2 heterocycles. The third kappa shape index (κ3) is 3.68. The van der Waals surface area contributed by atoms with Crippen molar-refractivity contribution in [1.29, 1.82) is 0 Å². The molecule has 0 unspecified atom stereocenters. The first-order chi connectivity index (χ1) is 11.9. The summed E-state index contributed by atoms with van der Waals surface area (Å²) in [6.45, 7) is 4.10. The molecule has 0 fully saturated rings. The smallest absolute Gasteiger partial charge is 0.325 e. The van der Waals surface area contributed by atoms with E-state index >= 15 is 0 Å². The van der Waals surface area contributed by atoms with Gasteiger partial charge in [0, 0.05) is 25.6 Å². The maximum atomic E-state index is 14.6. The van der Waals surface area contributed by atoms with Gasteiger partial charge in [0.25, 0.3) is 0 Å². The summed E-state index contributed by atoms with van der Waals surface area (Å²) < 4.78 is 22.9. The molecule has 1 aliphatic rings. The fourth-order valence-corrected chi connectivity index (χ4v) is 4.21. The molecule has 0 atom stereocenters. The number of hydrogen-bond acceptors (Lipinski definition) is 6. The molecule has 25 heavy (non-hydrogen) atoms. The Morgan fingerprint density at radius 3 is 2.76 bits per heavy atom. The van der Waals surface area contributed by atoms with Crippen LogP contribution >= 0.6 is 35.0 Å². The van der Waals surface area contributed by atoms with Gasteiger partial charge in [-0.2, -0.15) is 0 Å². The molecular formula is C15H15ClFN3O3S2. The monoisotopic (exact) mass is 403 g/mol. The first kappa shape index (κ1) is 18.2. The van der Waals surface area contributed by atoms with Crippen LogP contribution in [0.15, 0.2) is 20.7 Å². The maximum absolute atomic E-state index is 14.6. The van der Waals surface area contributed by atoms with E-state index in [4.69, 9.17) is 15.8 Å². The molecule has 0 radical (unpaired) electrons. The maximum Gasteiger partial charge on any atom is 0.325 e. The van der Waals surface area contributed by atoms with Crippen molar-refractivity contribution in [2.45, 2.75) is 44.7 Å². The van der Waals surface area contributed by atoms with Crippen molar-refractivity contribution >= 4 is 46.6 Å². The van der Waals surface area contributed by atoms with Crippen molar-refractivity contribution in [3.8, 4) is 0 Å². The summed E-state index contributed by atoms with van der Waals surface area (Å²) in [5, 5.41) is 0.169. The second-order valence-electron chi connectivity index (χ2n) is 5.52. The van der Waals surface area contributed by atoms with Crippen LogP contribution in [0.5, 0.6) is 0 Å². The lowest BCUT2D eigenvalue weighted by molar-refractivity contribution is -0.130. The summed E-state index contributed by atoms with van der Waals surface area (Å²) in [7, 11) is 0. The highest BCUT2D eigenvalue weighted by atomic mass is 35.5. The number of nitrogens with zero attached hydrogens (tertiary/aromatic N) is 3. The van der Waals surface area contributed by atoms with E-state index in [1.165, 1.54) is 19.9 Å². The second kappa shape index (κ2) is 7.35. The molecule has 0 saturated carbocycles. The van der Waals surface area contributed by atoms with E-state index < -0.39 is 11.8 Å². The third-order valence-electron chi connectivity index (χ3n) is 3.72. The molecule has 3 rings (SSSR count). The molecule has 0 spiro atoms. The third-order valence-corrected chi connectivity index (χ3v) is 6.01. The van der Waals surface area contributed by atoms with Crippen molar-refractivity contribution in [3.05, 3.63) is 36.9 Å². The topological polar surface area (TPSA) is 65.6 Å². The summed E-state index contributed by atoms with van der Waals surface area (Å²) in [6.07, 6.45) is 1.88. The molecule has 134 valence electrons. The summed E-state index contributed by atoms with van der Waals surface area (Å²) in [5.41, 5.74) is 0.266. The number of rotatable bonds is 3. The van der Waals surface area contributed by atoms with Crippen LogP contribution in [-0.2, 0) is 22.1 Å². The van der Waals surface area contributed by atoms with Crippen LogP contribution in [0, 0.1) is 12.7 Å². The Bertz CT molecular complexity index is 964. The molecule has 0 N–H and O–H groups in total. The lowest BCUT2D eigenvalue weighted by atomic mass is 10.2. The van der Waals surface area contributed by atoms with Crippen LogP contribution in [0.25, 0.3) is 0 Å². The van der Waals surface area contributed by atoms with Gasteiger partial charge in [0.1, 0.15) is 5.69 Å². The fourth-order valence-electron chi connectivity index (χ4n) is 2.49. The first-order valence-corrected chi connectivity index (χ1v) is 9.51. The Morgan fingerprint density at radius 2 is 2.08 bits per heavy atom. The zero-order chi connectivity index (χ0) is 18.1. The van der Waals surface area contributed by atoms with Gasteiger partial charge >= 0.3 is 10.8 Å². The standard InChI is InChI=1S/C15H15ClFN3O3S2/c1-8-12(16)11(25-23-9(2)21)7-10(13(8)17)18-14-19-5-3-4-6-20(19)15(22)24-14/h7H,3-6H2,1-2H3. The van der Waals surface area contributed by atoms with Crippen LogP contribution in [0.4, 0.5) is 10.1 Å². The normalized spacial score (nSPS) is 14.5. The van der Waals surface area contributed by atoms with Crippen molar-refractivity contribution in [2.75, 3.05) is 0 Å². The van der Waals surface area contributed by atoms with Crippen molar-refractivity contribution in [2.24, 2.45) is 4.99 Å². The van der Waals surface area contributed by atoms with Gasteiger partial charge in [-0.25, -0.2) is 14.1 Å². The van der Waals surface area contributed by atoms with E-state index in [9.17, 15) is 14.0 Å². The van der Waals surface area contributed by atoms with Crippen molar-refractivity contribution < 1.29 is 13.4 Å². The van der Waals surface area contributed by atoms with Crippen LogP contribution in [-0.4, -0.2) is 15.3 Å². The van der Waals surface area contributed by atoms with E-state index in [1.54, 1.807) is 9.36 Å². The average molecular weight is 404 g/mol. The summed E-state index contributed by atoms with van der Waals surface area (Å²) in [4.78, 5) is 28.1. The van der Waals surface area contributed by atoms with Gasteiger partial charge in [-0.3, -0.25) is 14.3 Å². The van der Waals surface area contributed by atoms with Crippen molar-refractivity contribution in [3.63, 3.8) is 0 Å². The quantitative estimate of drug-likeness (QED) is 0.736. The predicted octanol–water partition coefficient (Wildman–Crippen LogP) is 3.41. The highest BCUT2D eigenvalue weighted by molar-refractivity contribution is 7.95. The lowest BCUT2D eigenvalue weighted by Gasteiger charge is -2.16. The SMILES string of the molecule is CC(=O)OSc1cc(N=c2sc(=O)n3n2CCCC3)c(F)c(C)c1Cl. The average Bonchev–Trinajstić information content (AvgIpc) is 2.90. The summed E-state index contributed by atoms with van der Waals surface area (Å²) >= 11 is 7.86. The number of halogens is 2. The molecule has 10 heteroatoms. The van der Waals surface area contributed by atoms with Gasteiger partial charge in [-0.05, 0) is 37.2 Å². The van der Waals surface area contributed by atoms with Gasteiger partial charge in [0.05, 0.1) is 22.0 Å². The molecule has 1 aromatic heterocycles. The molecule has 0 amide bonds. The van der Waals surface area contributed by atoms with Crippen LogP contribution < -0.4 is 9.67 Å². The van der Waals surface area contributed by atoms with E-state index in [1.807, 2.05) is 0 Å². The largest absolute Gasteiger partial charge is 0.386 e. The van der Waals surface area contributed by atoms with E-state index in [0.29, 0.717) is 22.8 Å². The van der Waals surface area contributed by atoms with Crippen LogP contribution in [0.3, 0.4) is 0 Å². The Morgan fingerprint density at radius 1 is 1.40 bits per heavy atom. The minimum Gasteiger partial charge on any atom is -0.386 e. The number of aromatic nitrogens is 2. The van der Waals surface area contributed by atoms with E-state index in [0.717, 1.165) is 36.2 Å². The fraction of sp³-hybridized carbons (Fsp3) is 0.400. The highest BCUT2D eigenvalue weighted by Gasteiger charge is 2.17. The Balaban J connectivity index is 2.11. The number of carbonyl (C=O) groups excluding carboxylic acids is 1. The van der Waals surface area contributed by atoms with Gasteiger partial charge in [0.15, 0.2) is 5.82 Å². The number of hydrogen-bond donors (Lipinski definition) is 0. The molecule has 0 bridgehead atoms. The van der Waals surface area contributed by atoms with Gasteiger partial charge in [0.2, 0.25) is 4.80 Å². The van der Waals surface area contributed by atoms with Crippen LogP contribution in [0.1, 0.15) is 25.3 Å². The first-order valence-electron chi connectivity index (χ1n) is 7.57. The zero-order valence-electron chi connectivity index (χ0n) is 13.5. The predicted molar refractivity (Wildman–Crippen MR) is 94.8 cm³/mol. The van der Waals surface area contributed by atoms with Gasteiger partial charge < -0.3 is 4.18 Å². The molecule has 6 nitrogen and oxygen atoms in total. The Labute approximate surface area is 156 Å². The number of fused-ring (bicyclic) bond motifs is 1. The summed E-state index contributed by atoms with van der Waals surface area (Å²) in [6, 6.07) is 1.42. The van der Waals surface area contributed by atoms with Gasteiger partial charge in [-0.15, -0.1) is 0 Å². The number of benzene rings is 1. The highest BCUT2D eigenvalue weighted by Crippen LogP contribution is 2.37. The molecule has 0 aliphatic carbocycles. The minimum atomic E-state index is -0.562. The van der Waals surface area contributed by atoms with E-state index in [-0.39, 0.29) is 21.1 Å². The minimum absolute atomic E-state index is 0.0549. The Kier molecular flexibility index (Phi) is 5.35. The molecule has 1 aliphatic heterocycles. The molecule has 2 aromatic rings. The lowest BCUT2D eigenvalue weighted by Crippen LogP contribution is -2.31. The van der Waals surface area contributed by atoms with Crippen LogP contribution in [0.2, 0.25) is 5.02 Å². The van der Waals surface area contributed by atoms with E-state index in [2.05, 4.69) is 4.99 Å². The Hall–Kier alpha value is -1.58.